The first-order valence-corrected chi connectivity index (χ1v) is 5.41. The van der Waals surface area contributed by atoms with E-state index < -0.39 is 0 Å². The fraction of sp³-hybridized carbons (Fsp3) is 0.400. The first-order valence-electron chi connectivity index (χ1n) is 4.53. The maximum atomic E-state index is 8.71. The number of aliphatic hydroxyl groups is 1. The summed E-state index contributed by atoms with van der Waals surface area (Å²) in [4.78, 5) is 1.32. The molecule has 13 heavy (non-hydrogen) atoms. The standard InChI is InChI=1S/C10H13NOS/c12-7-3-6-10-11-8-4-1-2-5-9(8)13-10/h1-2,4-5,10-12H,3,6-7H2. The van der Waals surface area contributed by atoms with Crippen LogP contribution >= 0.6 is 11.8 Å². The summed E-state index contributed by atoms with van der Waals surface area (Å²) in [7, 11) is 0. The zero-order chi connectivity index (χ0) is 9.10. The van der Waals surface area contributed by atoms with Gasteiger partial charge in [0.1, 0.15) is 0 Å². The van der Waals surface area contributed by atoms with Crippen LogP contribution < -0.4 is 5.32 Å². The number of para-hydroxylation sites is 1. The Labute approximate surface area is 82.4 Å². The minimum atomic E-state index is 0.287. The highest BCUT2D eigenvalue weighted by Gasteiger charge is 2.19. The van der Waals surface area contributed by atoms with E-state index in [0.29, 0.717) is 5.37 Å². The second kappa shape index (κ2) is 4.03. The molecule has 0 aliphatic carbocycles. The van der Waals surface area contributed by atoms with Crippen molar-refractivity contribution in [2.24, 2.45) is 0 Å². The maximum Gasteiger partial charge on any atom is 0.0770 e. The van der Waals surface area contributed by atoms with E-state index in [0.717, 1.165) is 12.8 Å². The number of hydrogen-bond acceptors (Lipinski definition) is 3. The average molecular weight is 195 g/mol. The minimum absolute atomic E-state index is 0.287. The molecule has 0 saturated carbocycles. The third-order valence-corrected chi connectivity index (χ3v) is 3.35. The van der Waals surface area contributed by atoms with Crippen molar-refractivity contribution in [3.63, 3.8) is 0 Å². The monoisotopic (exact) mass is 195 g/mol. The Kier molecular flexibility index (Phi) is 2.76. The number of fused-ring (bicyclic) bond motifs is 1. The number of nitrogens with one attached hydrogen (secondary N) is 1. The second-order valence-electron chi connectivity index (χ2n) is 3.11. The van der Waals surface area contributed by atoms with Crippen LogP contribution in [0.4, 0.5) is 5.69 Å². The van der Waals surface area contributed by atoms with Gasteiger partial charge in [0.2, 0.25) is 0 Å². The zero-order valence-electron chi connectivity index (χ0n) is 7.36. The molecule has 0 aromatic heterocycles. The summed E-state index contributed by atoms with van der Waals surface area (Å²) >= 11 is 1.85. The number of aliphatic hydroxyl groups excluding tert-OH is 1. The van der Waals surface area contributed by atoms with Gasteiger partial charge in [0, 0.05) is 17.2 Å². The molecule has 2 N–H and O–H groups in total. The van der Waals surface area contributed by atoms with Crippen molar-refractivity contribution in [1.82, 2.24) is 0 Å². The first kappa shape index (κ1) is 8.91. The number of anilines is 1. The molecule has 2 rings (SSSR count). The molecule has 0 spiro atoms. The predicted molar refractivity (Wildman–Crippen MR) is 56.0 cm³/mol. The van der Waals surface area contributed by atoms with E-state index in [2.05, 4.69) is 23.5 Å². The van der Waals surface area contributed by atoms with E-state index in [9.17, 15) is 0 Å². The van der Waals surface area contributed by atoms with Gasteiger partial charge >= 0.3 is 0 Å². The molecular formula is C10H13NOS. The lowest BCUT2D eigenvalue weighted by Gasteiger charge is -2.07. The van der Waals surface area contributed by atoms with E-state index in [1.807, 2.05) is 17.8 Å². The molecule has 0 amide bonds. The molecule has 0 bridgehead atoms. The van der Waals surface area contributed by atoms with E-state index in [1.165, 1.54) is 10.6 Å². The summed E-state index contributed by atoms with van der Waals surface area (Å²) < 4.78 is 0. The van der Waals surface area contributed by atoms with Crippen LogP contribution in [0.3, 0.4) is 0 Å². The summed E-state index contributed by atoms with van der Waals surface area (Å²) in [6.07, 6.45) is 1.90. The summed E-state index contributed by atoms with van der Waals surface area (Å²) in [5.74, 6) is 0. The van der Waals surface area contributed by atoms with E-state index in [1.54, 1.807) is 0 Å². The van der Waals surface area contributed by atoms with Crippen LogP contribution in [0.2, 0.25) is 0 Å². The normalized spacial score (nSPS) is 19.6. The van der Waals surface area contributed by atoms with Crippen LogP contribution in [0.15, 0.2) is 29.2 Å². The molecule has 1 heterocycles. The largest absolute Gasteiger partial charge is 0.396 e. The van der Waals surface area contributed by atoms with Gasteiger partial charge in [-0.2, -0.15) is 0 Å². The quantitative estimate of drug-likeness (QED) is 0.776. The lowest BCUT2D eigenvalue weighted by Crippen LogP contribution is -2.10. The summed E-state index contributed by atoms with van der Waals surface area (Å²) in [6, 6.07) is 8.33. The fourth-order valence-electron chi connectivity index (χ4n) is 1.45. The molecule has 1 unspecified atom stereocenters. The highest BCUT2D eigenvalue weighted by molar-refractivity contribution is 8.00. The van der Waals surface area contributed by atoms with Crippen molar-refractivity contribution in [1.29, 1.82) is 0 Å². The summed E-state index contributed by atoms with van der Waals surface area (Å²) in [6.45, 7) is 0.287. The number of rotatable bonds is 3. The van der Waals surface area contributed by atoms with Gasteiger partial charge < -0.3 is 10.4 Å². The van der Waals surface area contributed by atoms with E-state index in [-0.39, 0.29) is 6.61 Å². The lowest BCUT2D eigenvalue weighted by atomic mass is 10.3. The minimum Gasteiger partial charge on any atom is -0.396 e. The Hall–Kier alpha value is -0.670. The maximum absolute atomic E-state index is 8.71. The Morgan fingerprint density at radius 2 is 2.23 bits per heavy atom. The molecule has 1 aromatic rings. The van der Waals surface area contributed by atoms with Gasteiger partial charge in [0.15, 0.2) is 0 Å². The Balaban J connectivity index is 1.97. The van der Waals surface area contributed by atoms with Crippen LogP contribution in [0.1, 0.15) is 12.8 Å². The molecule has 0 radical (unpaired) electrons. The van der Waals surface area contributed by atoms with Gasteiger partial charge in [-0.15, -0.1) is 0 Å². The average Bonchev–Trinajstić information content (AvgIpc) is 2.57. The van der Waals surface area contributed by atoms with Gasteiger partial charge in [-0.1, -0.05) is 23.9 Å². The van der Waals surface area contributed by atoms with Gasteiger partial charge in [-0.05, 0) is 25.0 Å². The topological polar surface area (TPSA) is 32.3 Å². The predicted octanol–water partition coefficient (Wildman–Crippen LogP) is 2.30. The van der Waals surface area contributed by atoms with Gasteiger partial charge in [-0.25, -0.2) is 0 Å². The number of benzene rings is 1. The fourth-order valence-corrected chi connectivity index (χ4v) is 2.64. The summed E-state index contributed by atoms with van der Waals surface area (Å²) in [5, 5.41) is 12.6. The molecule has 2 nitrogen and oxygen atoms in total. The van der Waals surface area contributed by atoms with E-state index in [4.69, 9.17) is 5.11 Å². The number of thioether (sulfide) groups is 1. The van der Waals surface area contributed by atoms with Crippen LogP contribution in [0, 0.1) is 0 Å². The van der Waals surface area contributed by atoms with Crippen molar-refractivity contribution in [2.45, 2.75) is 23.1 Å². The molecule has 70 valence electrons. The van der Waals surface area contributed by atoms with Crippen molar-refractivity contribution < 1.29 is 5.11 Å². The van der Waals surface area contributed by atoms with Gasteiger partial charge in [0.05, 0.1) is 5.37 Å². The summed E-state index contributed by atoms with van der Waals surface area (Å²) in [5.41, 5.74) is 1.23. The third-order valence-electron chi connectivity index (χ3n) is 2.10. The lowest BCUT2D eigenvalue weighted by molar-refractivity contribution is 0.285. The van der Waals surface area contributed by atoms with Crippen LogP contribution in [-0.2, 0) is 0 Å². The second-order valence-corrected chi connectivity index (χ2v) is 4.36. The molecule has 1 atom stereocenters. The molecule has 0 fully saturated rings. The first-order chi connectivity index (χ1) is 6.40. The number of hydrogen-bond donors (Lipinski definition) is 2. The Morgan fingerprint density at radius 1 is 1.38 bits per heavy atom. The molecule has 1 aliphatic heterocycles. The molecule has 1 aliphatic rings. The van der Waals surface area contributed by atoms with Crippen LogP contribution in [0.25, 0.3) is 0 Å². The zero-order valence-corrected chi connectivity index (χ0v) is 8.18. The Morgan fingerprint density at radius 3 is 3.00 bits per heavy atom. The van der Waals surface area contributed by atoms with Crippen molar-refractivity contribution in [2.75, 3.05) is 11.9 Å². The van der Waals surface area contributed by atoms with Gasteiger partial charge in [-0.3, -0.25) is 0 Å². The SMILES string of the molecule is OCCCC1Nc2ccccc2S1. The van der Waals surface area contributed by atoms with Crippen molar-refractivity contribution >= 4 is 17.4 Å². The highest BCUT2D eigenvalue weighted by atomic mass is 32.2. The Bertz CT molecular complexity index is 265. The van der Waals surface area contributed by atoms with Crippen LogP contribution in [0.5, 0.6) is 0 Å². The van der Waals surface area contributed by atoms with Crippen molar-refractivity contribution in [3.8, 4) is 0 Å². The van der Waals surface area contributed by atoms with Gasteiger partial charge in [0.25, 0.3) is 0 Å². The highest BCUT2D eigenvalue weighted by Crippen LogP contribution is 2.39. The molecule has 0 saturated heterocycles. The molecule has 3 heteroatoms. The van der Waals surface area contributed by atoms with Crippen LogP contribution in [-0.4, -0.2) is 17.1 Å². The van der Waals surface area contributed by atoms with Crippen molar-refractivity contribution in [3.05, 3.63) is 24.3 Å². The molecule has 1 aromatic carbocycles. The molecular weight excluding hydrogens is 182 g/mol. The van der Waals surface area contributed by atoms with E-state index >= 15 is 0 Å². The smallest absolute Gasteiger partial charge is 0.0770 e. The third kappa shape index (κ3) is 1.98.